The molecule has 2 N–H and O–H groups in total. The highest BCUT2D eigenvalue weighted by atomic mass is 32.1. The number of aromatic nitrogens is 3. The van der Waals surface area contributed by atoms with Crippen molar-refractivity contribution < 1.29 is 19.1 Å². The van der Waals surface area contributed by atoms with Gasteiger partial charge < -0.3 is 15.2 Å². The summed E-state index contributed by atoms with van der Waals surface area (Å²) in [6.07, 6.45) is 3.51. The first-order chi connectivity index (χ1) is 12.5. The molecule has 0 unspecified atom stereocenters. The summed E-state index contributed by atoms with van der Waals surface area (Å²) in [7, 11) is 1.81. The Hall–Kier alpha value is -3.20. The van der Waals surface area contributed by atoms with Crippen molar-refractivity contribution in [2.75, 3.05) is 6.61 Å². The second kappa shape index (κ2) is 7.79. The summed E-state index contributed by atoms with van der Waals surface area (Å²) in [5, 5.41) is 6.43. The number of nitrogens with zero attached hydrogens (tertiary/aromatic N) is 3. The van der Waals surface area contributed by atoms with Crippen LogP contribution in [0.15, 0.2) is 42.0 Å². The van der Waals surface area contributed by atoms with Crippen molar-refractivity contribution in [2.24, 2.45) is 12.8 Å². The summed E-state index contributed by atoms with van der Waals surface area (Å²) >= 11 is 1.35. The van der Waals surface area contributed by atoms with Crippen LogP contribution in [-0.4, -0.2) is 33.2 Å². The number of amides is 1. The molecule has 0 aliphatic heterocycles. The molecule has 9 heteroatoms. The number of primary amides is 1. The minimum absolute atomic E-state index is 0.0619. The maximum Gasteiger partial charge on any atom is 0.358 e. The zero-order valence-corrected chi connectivity index (χ0v) is 14.7. The van der Waals surface area contributed by atoms with Gasteiger partial charge in [0, 0.05) is 24.2 Å². The monoisotopic (exact) mass is 372 g/mol. The van der Waals surface area contributed by atoms with E-state index in [0.717, 1.165) is 11.1 Å². The van der Waals surface area contributed by atoms with Crippen LogP contribution >= 0.6 is 11.3 Å². The van der Waals surface area contributed by atoms with Gasteiger partial charge in [0.2, 0.25) is 0 Å². The number of nitrogens with two attached hydrogens (primary N) is 1. The third-order valence-corrected chi connectivity index (χ3v) is 4.21. The Kier molecular flexibility index (Phi) is 5.28. The van der Waals surface area contributed by atoms with Crippen LogP contribution in [0.4, 0.5) is 0 Å². The van der Waals surface area contributed by atoms with E-state index in [9.17, 15) is 9.59 Å². The third-order valence-electron chi connectivity index (χ3n) is 3.31. The maximum atomic E-state index is 12.2. The zero-order valence-electron chi connectivity index (χ0n) is 13.9. The fourth-order valence-electron chi connectivity index (χ4n) is 2.13. The van der Waals surface area contributed by atoms with Crippen LogP contribution in [-0.2, 0) is 23.2 Å². The number of carbonyl (C=O) groups excluding carboxylic acids is 2. The summed E-state index contributed by atoms with van der Waals surface area (Å²) < 4.78 is 12.2. The van der Waals surface area contributed by atoms with Crippen LogP contribution in [0.2, 0.25) is 0 Å². The predicted octanol–water partition coefficient (Wildman–Crippen LogP) is 1.76. The lowest BCUT2D eigenvalue weighted by atomic mass is 10.2. The summed E-state index contributed by atoms with van der Waals surface area (Å²) in [4.78, 5) is 27.2. The number of benzene rings is 1. The molecule has 3 aromatic rings. The molecule has 0 bridgehead atoms. The Morgan fingerprint density at radius 1 is 1.35 bits per heavy atom. The van der Waals surface area contributed by atoms with Gasteiger partial charge >= 0.3 is 5.97 Å². The topological polar surface area (TPSA) is 109 Å². The molecule has 2 heterocycles. The van der Waals surface area contributed by atoms with E-state index in [4.69, 9.17) is 15.2 Å². The predicted molar refractivity (Wildman–Crippen MR) is 94.6 cm³/mol. The van der Waals surface area contributed by atoms with Gasteiger partial charge in [0.25, 0.3) is 5.91 Å². The number of aryl methyl sites for hydroxylation is 1. The van der Waals surface area contributed by atoms with Crippen LogP contribution in [0.25, 0.3) is 10.6 Å². The fraction of sp³-hybridized carbons (Fsp3) is 0.176. The molecule has 0 saturated carbocycles. The molecule has 1 amide bonds. The molecule has 0 saturated heterocycles. The van der Waals surface area contributed by atoms with Gasteiger partial charge in [-0.25, -0.2) is 9.78 Å². The average molecular weight is 372 g/mol. The lowest BCUT2D eigenvalue weighted by molar-refractivity contribution is -0.119. The molecule has 0 aliphatic carbocycles. The van der Waals surface area contributed by atoms with Crippen LogP contribution in [0.5, 0.6) is 5.75 Å². The van der Waals surface area contributed by atoms with Gasteiger partial charge in [-0.05, 0) is 17.7 Å². The first-order valence-corrected chi connectivity index (χ1v) is 8.51. The third kappa shape index (κ3) is 4.45. The van der Waals surface area contributed by atoms with E-state index in [-0.39, 0.29) is 18.9 Å². The van der Waals surface area contributed by atoms with Gasteiger partial charge in [0.15, 0.2) is 12.3 Å². The summed E-state index contributed by atoms with van der Waals surface area (Å²) in [5.74, 6) is -0.598. The van der Waals surface area contributed by atoms with Crippen molar-refractivity contribution >= 4 is 23.2 Å². The Bertz CT molecular complexity index is 934. The van der Waals surface area contributed by atoms with E-state index < -0.39 is 11.9 Å². The normalized spacial score (nSPS) is 10.5. The highest BCUT2D eigenvalue weighted by molar-refractivity contribution is 7.13. The quantitative estimate of drug-likeness (QED) is 0.633. The Labute approximate surface area is 153 Å². The number of hydrogen-bond donors (Lipinski definition) is 1. The molecule has 0 aliphatic rings. The highest BCUT2D eigenvalue weighted by Gasteiger charge is 2.14. The molecule has 134 valence electrons. The van der Waals surface area contributed by atoms with E-state index in [2.05, 4.69) is 10.1 Å². The number of hydrogen-bond acceptors (Lipinski definition) is 7. The Morgan fingerprint density at radius 2 is 2.19 bits per heavy atom. The van der Waals surface area contributed by atoms with Crippen molar-refractivity contribution in [3.63, 3.8) is 0 Å². The number of rotatable bonds is 7. The van der Waals surface area contributed by atoms with Gasteiger partial charge in [0.05, 0.1) is 6.20 Å². The van der Waals surface area contributed by atoms with Gasteiger partial charge in [-0.2, -0.15) is 5.10 Å². The van der Waals surface area contributed by atoms with Crippen molar-refractivity contribution in [1.82, 2.24) is 14.8 Å². The summed E-state index contributed by atoms with van der Waals surface area (Å²) in [5.41, 5.74) is 6.86. The minimum Gasteiger partial charge on any atom is -0.484 e. The lowest BCUT2D eigenvalue weighted by Gasteiger charge is -2.07. The van der Waals surface area contributed by atoms with Crippen LogP contribution in [0.3, 0.4) is 0 Å². The van der Waals surface area contributed by atoms with E-state index in [1.807, 2.05) is 13.2 Å². The molecule has 0 radical (unpaired) electrons. The fourth-order valence-corrected chi connectivity index (χ4v) is 2.90. The summed E-state index contributed by atoms with van der Waals surface area (Å²) in [6.45, 7) is -0.147. The second-order valence-electron chi connectivity index (χ2n) is 5.42. The molecule has 8 nitrogen and oxygen atoms in total. The summed E-state index contributed by atoms with van der Waals surface area (Å²) in [6, 6.07) is 6.89. The van der Waals surface area contributed by atoms with E-state index >= 15 is 0 Å². The highest BCUT2D eigenvalue weighted by Crippen LogP contribution is 2.23. The molecule has 0 fully saturated rings. The van der Waals surface area contributed by atoms with Gasteiger partial charge in [0.1, 0.15) is 17.4 Å². The van der Waals surface area contributed by atoms with Gasteiger partial charge in [-0.15, -0.1) is 11.3 Å². The minimum atomic E-state index is -0.560. The van der Waals surface area contributed by atoms with Crippen molar-refractivity contribution in [3.8, 4) is 16.3 Å². The van der Waals surface area contributed by atoms with Crippen LogP contribution < -0.4 is 10.5 Å². The first-order valence-electron chi connectivity index (χ1n) is 7.63. The SMILES string of the molecule is Cn1cc(-c2nc(C(=O)OCc3cccc(OCC(N)=O)c3)cs2)cn1. The molecule has 0 spiro atoms. The number of carbonyl (C=O) groups is 2. The molecule has 1 aromatic carbocycles. The molecular formula is C17H16N4O4S. The van der Waals surface area contributed by atoms with Gasteiger partial charge in [-0.3, -0.25) is 9.48 Å². The second-order valence-corrected chi connectivity index (χ2v) is 6.28. The van der Waals surface area contributed by atoms with Crippen LogP contribution in [0, 0.1) is 0 Å². The van der Waals surface area contributed by atoms with E-state index in [1.54, 1.807) is 40.5 Å². The molecule has 3 rings (SSSR count). The molecule has 26 heavy (non-hydrogen) atoms. The van der Waals surface area contributed by atoms with Crippen molar-refractivity contribution in [3.05, 3.63) is 53.3 Å². The van der Waals surface area contributed by atoms with Crippen LogP contribution in [0.1, 0.15) is 16.1 Å². The maximum absolute atomic E-state index is 12.2. The molecule has 0 atom stereocenters. The lowest BCUT2D eigenvalue weighted by Crippen LogP contribution is -2.20. The van der Waals surface area contributed by atoms with Crippen molar-refractivity contribution in [1.29, 1.82) is 0 Å². The molecular weight excluding hydrogens is 356 g/mol. The zero-order chi connectivity index (χ0) is 18.5. The smallest absolute Gasteiger partial charge is 0.358 e. The van der Waals surface area contributed by atoms with E-state index in [0.29, 0.717) is 10.8 Å². The number of esters is 1. The number of ether oxygens (including phenoxy) is 2. The van der Waals surface area contributed by atoms with Gasteiger partial charge in [-0.1, -0.05) is 12.1 Å². The molecule has 2 aromatic heterocycles. The first kappa shape index (κ1) is 17.6. The van der Waals surface area contributed by atoms with Crippen molar-refractivity contribution in [2.45, 2.75) is 6.61 Å². The largest absolute Gasteiger partial charge is 0.484 e. The number of thiazole rings is 1. The average Bonchev–Trinajstić information content (AvgIpc) is 3.27. The standard InChI is InChI=1S/C17H16N4O4S/c1-21-7-12(6-19-21)16-20-14(10-26-16)17(23)25-8-11-3-2-4-13(5-11)24-9-15(18)22/h2-7,10H,8-9H2,1H3,(H2,18,22). The Morgan fingerprint density at radius 3 is 2.92 bits per heavy atom. The van der Waals surface area contributed by atoms with E-state index in [1.165, 1.54) is 11.3 Å². The Balaban J connectivity index is 1.60.